The molecule has 2 N–H and O–H groups in total. The first-order valence-corrected chi connectivity index (χ1v) is 35.4. The van der Waals surface area contributed by atoms with Gasteiger partial charge >= 0.3 is 31.0 Å². The normalized spacial score (nSPS) is 13.3. The summed E-state index contributed by atoms with van der Waals surface area (Å²) in [5.74, 6) is -1.49. The van der Waals surface area contributed by atoms with E-state index in [9.17, 15) is 29.2 Å². The van der Waals surface area contributed by atoms with Crippen LogP contribution in [-0.2, 0) is 38.1 Å². The van der Waals surface area contributed by atoms with Crippen LogP contribution >= 0.6 is 31.9 Å². The van der Waals surface area contributed by atoms with Crippen molar-refractivity contribution in [2.24, 2.45) is 0 Å². The van der Waals surface area contributed by atoms with Gasteiger partial charge in [0.25, 0.3) is 0 Å². The van der Waals surface area contributed by atoms with E-state index in [0.29, 0.717) is 27.7 Å². The van der Waals surface area contributed by atoms with Crippen molar-refractivity contribution in [2.75, 3.05) is 14.7 Å². The Bertz CT molecular complexity index is 5120. The molecule has 0 amide bonds. The monoisotopic (exact) mass is 1510 g/mol. The van der Waals surface area contributed by atoms with Gasteiger partial charge < -0.3 is 43.7 Å². The molecular formula is C90H60BBr2N3O10. The number of hydrogen-bond donors (Lipinski definition) is 2. The Kier molecular flexibility index (Phi) is 20.1. The van der Waals surface area contributed by atoms with Crippen molar-refractivity contribution in [1.29, 1.82) is 0 Å². The summed E-state index contributed by atoms with van der Waals surface area (Å²) >= 11 is 6.70. The smallest absolute Gasteiger partial charge is 0.423 e. The summed E-state index contributed by atoms with van der Waals surface area (Å²) in [5, 5.41) is 18.5. The Morgan fingerprint density at radius 2 is 0.387 bits per heavy atom. The van der Waals surface area contributed by atoms with Gasteiger partial charge in [-0.15, -0.1) is 0 Å². The van der Waals surface area contributed by atoms with Crippen LogP contribution in [0.3, 0.4) is 0 Å². The number of halogens is 2. The number of carbonyl (C=O) groups is 4. The Morgan fingerprint density at radius 1 is 0.217 bits per heavy atom. The fourth-order valence-corrected chi connectivity index (χ4v) is 13.4. The molecule has 4 aliphatic rings. The predicted octanol–water partition coefficient (Wildman–Crippen LogP) is 20.5. The number of carbonyl (C=O) groups excluding carboxylic acids is 4. The molecule has 0 aromatic heterocycles. The molecule has 4 heterocycles. The second-order valence-electron chi connectivity index (χ2n) is 24.6. The van der Waals surface area contributed by atoms with Crippen LogP contribution in [-0.4, -0.2) is 41.0 Å². The summed E-state index contributed by atoms with van der Waals surface area (Å²) in [6.45, 7) is 0. The lowest BCUT2D eigenvalue weighted by atomic mass is 9.80. The molecule has 0 unspecified atom stereocenters. The lowest BCUT2D eigenvalue weighted by Gasteiger charge is -2.25. The minimum Gasteiger partial charge on any atom is -0.423 e. The first-order valence-electron chi connectivity index (χ1n) is 33.9. The first-order chi connectivity index (χ1) is 51.9. The van der Waals surface area contributed by atoms with Crippen LogP contribution < -0.4 is 20.2 Å². The number of anilines is 9. The molecule has 0 radical (unpaired) electrons. The molecule has 0 atom stereocenters. The molecule has 0 spiro atoms. The Labute approximate surface area is 628 Å². The molecule has 106 heavy (non-hydrogen) atoms. The van der Waals surface area contributed by atoms with Crippen molar-refractivity contribution in [1.82, 2.24) is 0 Å². The molecule has 0 aliphatic carbocycles. The largest absolute Gasteiger partial charge is 0.488 e. The van der Waals surface area contributed by atoms with Crippen molar-refractivity contribution >= 4 is 143 Å². The fraction of sp³-hybridized carbons (Fsp3) is 0. The average Bonchev–Trinajstić information content (AvgIpc) is 1.59. The number of fused-ring (bicyclic) bond motifs is 2. The molecule has 13 aromatic rings. The summed E-state index contributed by atoms with van der Waals surface area (Å²) in [4.78, 5) is 57.9. The average molecular weight is 1510 g/mol. The van der Waals surface area contributed by atoms with E-state index in [4.69, 9.17) is 18.9 Å². The second kappa shape index (κ2) is 30.9. The quantitative estimate of drug-likeness (QED) is 0.0536. The summed E-state index contributed by atoms with van der Waals surface area (Å²) in [7, 11) is -1.45. The molecule has 17 rings (SSSR count). The van der Waals surface area contributed by atoms with Gasteiger partial charge in [0.2, 0.25) is 0 Å². The minimum absolute atomic E-state index is 0.148. The second-order valence-corrected chi connectivity index (χ2v) is 26.5. The van der Waals surface area contributed by atoms with E-state index < -0.39 is 31.0 Å². The molecule has 0 bridgehead atoms. The number of para-hydroxylation sites is 6. The van der Waals surface area contributed by atoms with Crippen LogP contribution in [0.25, 0.3) is 45.3 Å². The number of cyclic esters (lactones) is 4. The van der Waals surface area contributed by atoms with Crippen LogP contribution in [0.5, 0.6) is 0 Å². The number of ether oxygens (including phenoxy) is 4. The van der Waals surface area contributed by atoms with Gasteiger partial charge in [0, 0.05) is 82.4 Å². The lowest BCUT2D eigenvalue weighted by Crippen LogP contribution is -2.29. The van der Waals surface area contributed by atoms with Crippen molar-refractivity contribution < 1.29 is 48.2 Å². The third kappa shape index (κ3) is 14.6. The van der Waals surface area contributed by atoms with Gasteiger partial charge in [-0.1, -0.05) is 250 Å². The molecule has 512 valence electrons. The number of nitrogens with zero attached hydrogens (tertiary/aromatic N) is 3. The van der Waals surface area contributed by atoms with Crippen LogP contribution in [0, 0.1) is 0 Å². The number of hydrogen-bond acceptors (Lipinski definition) is 13. The molecule has 4 aliphatic heterocycles. The molecule has 13 aromatic carbocycles. The maximum atomic E-state index is 13.4. The van der Waals surface area contributed by atoms with E-state index in [0.717, 1.165) is 82.4 Å². The summed E-state index contributed by atoms with van der Waals surface area (Å²) in [6, 6.07) is 115. The van der Waals surface area contributed by atoms with Crippen LogP contribution in [0.1, 0.15) is 22.3 Å². The van der Waals surface area contributed by atoms with Gasteiger partial charge in [0.05, 0.1) is 0 Å². The highest BCUT2D eigenvalue weighted by Gasteiger charge is 2.46. The highest BCUT2D eigenvalue weighted by molar-refractivity contribution is 9.10. The van der Waals surface area contributed by atoms with Gasteiger partial charge in [0.15, 0.2) is 23.0 Å². The van der Waals surface area contributed by atoms with Crippen molar-refractivity contribution in [3.05, 3.63) is 405 Å². The standard InChI is InChI=1S/C54H36N2O4.C18H16BNO2.C18H8Br2O4/c57-53-49-50(52(60-53)42-27-23-38(24-28-42)40-31-35-48(36-32-40)56(45-17-9-3-10-18-45)46-19-11-4-12-20-46)54(58)59-51(49)41-25-21-37(22-26-41)39-29-33-47(34-30-39)55(43-13-5-1-6-14-43)44-15-7-2-8-16-44;21-19(22)15-11-13-18(14-12-15)20(16-7-3-1-4-8-16)17-9-5-2-6-10-17;19-11-5-1-9(2-6-11)15-13-14(18(22)23-15)16(24-17(13)21)10-3-7-12(20)8-4-10/h1-36H;1-14,21-22H;1-8H. The summed E-state index contributed by atoms with van der Waals surface area (Å²) in [6.07, 6.45) is 0. The van der Waals surface area contributed by atoms with Crippen molar-refractivity contribution in [3.8, 4) is 22.3 Å². The molecule has 0 fully saturated rings. The topological polar surface area (TPSA) is 155 Å². The zero-order valence-electron chi connectivity index (χ0n) is 56.3. The third-order valence-electron chi connectivity index (χ3n) is 18.0. The lowest BCUT2D eigenvalue weighted by molar-refractivity contribution is -0.132. The first kappa shape index (κ1) is 68.8. The number of rotatable bonds is 16. The van der Waals surface area contributed by atoms with E-state index in [1.807, 2.05) is 218 Å². The van der Waals surface area contributed by atoms with Gasteiger partial charge in [-0.2, -0.15) is 0 Å². The zero-order valence-corrected chi connectivity index (χ0v) is 59.5. The Balaban J connectivity index is 0.000000159. The zero-order chi connectivity index (χ0) is 72.6. The van der Waals surface area contributed by atoms with Crippen LogP contribution in [0.4, 0.5) is 51.2 Å². The molecule has 0 saturated carbocycles. The van der Waals surface area contributed by atoms with E-state index in [2.05, 4.69) is 144 Å². The van der Waals surface area contributed by atoms with E-state index >= 15 is 0 Å². The van der Waals surface area contributed by atoms with Gasteiger partial charge in [-0.3, -0.25) is 0 Å². The highest BCUT2D eigenvalue weighted by Crippen LogP contribution is 2.47. The Morgan fingerprint density at radius 3 is 0.594 bits per heavy atom. The van der Waals surface area contributed by atoms with Gasteiger partial charge in [-0.25, -0.2) is 19.2 Å². The van der Waals surface area contributed by atoms with Crippen LogP contribution in [0.15, 0.2) is 383 Å². The minimum atomic E-state index is -1.45. The van der Waals surface area contributed by atoms with Crippen molar-refractivity contribution in [3.63, 3.8) is 0 Å². The summed E-state index contributed by atoms with van der Waals surface area (Å²) < 4.78 is 24.0. The Hall–Kier alpha value is -13.0. The maximum absolute atomic E-state index is 13.4. The van der Waals surface area contributed by atoms with E-state index in [-0.39, 0.29) is 45.3 Å². The molecule has 13 nitrogen and oxygen atoms in total. The predicted molar refractivity (Wildman–Crippen MR) is 424 cm³/mol. The van der Waals surface area contributed by atoms with Gasteiger partial charge in [-0.05, 0) is 161 Å². The van der Waals surface area contributed by atoms with E-state index in [1.165, 1.54) is 0 Å². The maximum Gasteiger partial charge on any atom is 0.488 e. The number of benzene rings is 13. The number of esters is 4. The molecular weight excluding hydrogens is 1450 g/mol. The third-order valence-corrected chi connectivity index (χ3v) is 19.0. The van der Waals surface area contributed by atoms with Gasteiger partial charge in [0.1, 0.15) is 22.3 Å². The van der Waals surface area contributed by atoms with E-state index in [1.54, 1.807) is 36.4 Å². The van der Waals surface area contributed by atoms with Crippen LogP contribution in [0.2, 0.25) is 0 Å². The fourth-order valence-electron chi connectivity index (χ4n) is 12.9. The SMILES string of the molecule is O=C1OC(c2ccc(-c3ccc(N(c4ccccc4)c4ccccc4)cc3)cc2)=C2C(=O)OC(c3ccc(-c4ccc(N(c5ccccc5)c5ccccc5)cc4)cc3)=C12.O=C1OC(c2ccc(Br)cc2)=C2C(=O)OC(c3ccc(Br)cc3)=C12.OB(O)c1ccc(N(c2ccccc2)c2ccccc2)cc1. The molecule has 0 saturated heterocycles. The molecule has 16 heteroatoms. The van der Waals surface area contributed by atoms with Crippen molar-refractivity contribution in [2.45, 2.75) is 0 Å². The highest BCUT2D eigenvalue weighted by atomic mass is 79.9. The summed E-state index contributed by atoms with van der Waals surface area (Å²) in [5.41, 5.74) is 17.1.